The van der Waals surface area contributed by atoms with E-state index in [9.17, 15) is 14.9 Å². The molecule has 1 atom stereocenters. The molecule has 3 N–H and O–H groups in total. The number of ether oxygens (including phenoxy) is 1. The minimum absolute atomic E-state index is 0.0502. The Labute approximate surface area is 97.0 Å². The van der Waals surface area contributed by atoms with Gasteiger partial charge in [0, 0.05) is 6.07 Å². The summed E-state index contributed by atoms with van der Waals surface area (Å²) in [6, 6.07) is 3.23. The maximum absolute atomic E-state index is 10.7. The van der Waals surface area contributed by atoms with E-state index in [-0.39, 0.29) is 18.0 Å². The van der Waals surface area contributed by atoms with E-state index in [4.69, 9.17) is 15.6 Å². The molecule has 1 unspecified atom stereocenters. The van der Waals surface area contributed by atoms with Gasteiger partial charge in [-0.15, -0.1) is 0 Å². The highest BCUT2D eigenvalue weighted by molar-refractivity contribution is 5.73. The van der Waals surface area contributed by atoms with Crippen LogP contribution in [0.25, 0.3) is 0 Å². The van der Waals surface area contributed by atoms with Crippen LogP contribution in [0.5, 0.6) is 5.75 Å². The number of nitro groups is 1. The fourth-order valence-corrected chi connectivity index (χ4v) is 1.21. The minimum atomic E-state index is -1.22. The molecule has 0 amide bonds. The van der Waals surface area contributed by atoms with Crippen molar-refractivity contribution in [1.82, 2.24) is 0 Å². The third-order valence-electron chi connectivity index (χ3n) is 2.11. The summed E-state index contributed by atoms with van der Waals surface area (Å²) < 4.78 is 5.10. The first-order valence-corrected chi connectivity index (χ1v) is 4.78. The molecular weight excluding hydrogens is 228 g/mol. The third-order valence-corrected chi connectivity index (χ3v) is 2.11. The van der Waals surface area contributed by atoms with Crippen LogP contribution >= 0.6 is 0 Å². The van der Waals surface area contributed by atoms with Gasteiger partial charge in [0.15, 0.2) is 5.75 Å². The molecule has 0 saturated heterocycles. The predicted molar refractivity (Wildman–Crippen MR) is 58.9 cm³/mol. The zero-order valence-electron chi connectivity index (χ0n) is 9.12. The Hall–Kier alpha value is -2.15. The Morgan fingerprint density at radius 1 is 1.65 bits per heavy atom. The molecule has 0 spiro atoms. The van der Waals surface area contributed by atoms with Crippen LogP contribution in [0.2, 0.25) is 0 Å². The highest BCUT2D eigenvalue weighted by Gasteiger charge is 2.19. The molecule has 0 aliphatic carbocycles. The van der Waals surface area contributed by atoms with Crippen molar-refractivity contribution < 1.29 is 19.6 Å². The van der Waals surface area contributed by atoms with Crippen LogP contribution in [0.1, 0.15) is 5.56 Å². The van der Waals surface area contributed by atoms with E-state index in [2.05, 4.69) is 0 Å². The zero-order chi connectivity index (χ0) is 13.0. The molecule has 7 nitrogen and oxygen atoms in total. The summed E-state index contributed by atoms with van der Waals surface area (Å²) in [5, 5.41) is 19.3. The van der Waals surface area contributed by atoms with Gasteiger partial charge >= 0.3 is 11.7 Å². The summed E-state index contributed by atoms with van der Waals surface area (Å²) in [4.78, 5) is 20.6. The number of nitro benzene ring substituents is 1. The first-order chi connectivity index (χ1) is 7.93. The first kappa shape index (κ1) is 12.9. The molecule has 1 aromatic carbocycles. The highest BCUT2D eigenvalue weighted by atomic mass is 16.6. The number of rotatable bonds is 5. The molecule has 7 heteroatoms. The molecule has 0 aliphatic heterocycles. The van der Waals surface area contributed by atoms with Gasteiger partial charge in [-0.25, -0.2) is 0 Å². The van der Waals surface area contributed by atoms with Crippen molar-refractivity contribution in [2.75, 3.05) is 6.61 Å². The molecule has 1 rings (SSSR count). The zero-order valence-corrected chi connectivity index (χ0v) is 9.12. The number of carbonyl (C=O) groups is 1. The lowest BCUT2D eigenvalue weighted by Crippen LogP contribution is -2.36. The van der Waals surface area contributed by atoms with Crippen LogP contribution < -0.4 is 10.5 Å². The maximum Gasteiger partial charge on any atom is 0.324 e. The van der Waals surface area contributed by atoms with Gasteiger partial charge in [-0.2, -0.15) is 0 Å². The molecule has 92 valence electrons. The number of hydrogen-bond donors (Lipinski definition) is 2. The largest absolute Gasteiger partial charge is 0.484 e. The van der Waals surface area contributed by atoms with Gasteiger partial charge in [-0.3, -0.25) is 14.9 Å². The van der Waals surface area contributed by atoms with Gasteiger partial charge in [0.1, 0.15) is 12.6 Å². The summed E-state index contributed by atoms with van der Waals surface area (Å²) >= 11 is 0. The Morgan fingerprint density at radius 3 is 2.82 bits per heavy atom. The fourth-order valence-electron chi connectivity index (χ4n) is 1.21. The Morgan fingerprint density at radius 2 is 2.29 bits per heavy atom. The van der Waals surface area contributed by atoms with Crippen molar-refractivity contribution in [2.24, 2.45) is 5.73 Å². The Bertz CT molecular complexity index is 446. The van der Waals surface area contributed by atoms with Crippen molar-refractivity contribution in [3.8, 4) is 5.75 Å². The maximum atomic E-state index is 10.7. The minimum Gasteiger partial charge on any atom is -0.484 e. The summed E-state index contributed by atoms with van der Waals surface area (Å²) in [5.74, 6) is -1.17. The number of nitrogens with two attached hydrogens (primary N) is 1. The van der Waals surface area contributed by atoms with Crippen LogP contribution in [-0.2, 0) is 4.79 Å². The van der Waals surface area contributed by atoms with Crippen molar-refractivity contribution in [1.29, 1.82) is 0 Å². The third kappa shape index (κ3) is 3.15. The molecule has 0 saturated carbocycles. The SMILES string of the molecule is Cc1cccc([N+](=O)[O-])c1OCC(N)C(=O)O. The van der Waals surface area contributed by atoms with Gasteiger partial charge in [0.05, 0.1) is 4.92 Å². The Kier molecular flexibility index (Phi) is 4.00. The number of benzene rings is 1. The standard InChI is InChI=1S/C10H12N2O5/c1-6-3-2-4-8(12(15)16)9(6)17-5-7(11)10(13)14/h2-4,7H,5,11H2,1H3,(H,13,14). The number of aryl methyl sites for hydroxylation is 1. The first-order valence-electron chi connectivity index (χ1n) is 4.78. The predicted octanol–water partition coefficient (Wildman–Crippen LogP) is 0.694. The molecule has 0 radical (unpaired) electrons. The fraction of sp³-hybridized carbons (Fsp3) is 0.300. The van der Waals surface area contributed by atoms with E-state index >= 15 is 0 Å². The van der Waals surface area contributed by atoms with Crippen molar-refractivity contribution >= 4 is 11.7 Å². The highest BCUT2D eigenvalue weighted by Crippen LogP contribution is 2.30. The van der Waals surface area contributed by atoms with Crippen LogP contribution in [0.4, 0.5) is 5.69 Å². The average molecular weight is 240 g/mol. The van der Waals surface area contributed by atoms with Crippen LogP contribution in [0.3, 0.4) is 0 Å². The average Bonchev–Trinajstić information content (AvgIpc) is 2.26. The lowest BCUT2D eigenvalue weighted by molar-refractivity contribution is -0.385. The monoisotopic (exact) mass is 240 g/mol. The number of hydrogen-bond acceptors (Lipinski definition) is 5. The molecule has 17 heavy (non-hydrogen) atoms. The summed E-state index contributed by atoms with van der Waals surface area (Å²) in [7, 11) is 0. The van der Waals surface area contributed by atoms with E-state index in [1.54, 1.807) is 13.0 Å². The second kappa shape index (κ2) is 5.26. The van der Waals surface area contributed by atoms with E-state index < -0.39 is 16.9 Å². The molecule has 0 bridgehead atoms. The molecular formula is C10H12N2O5. The quantitative estimate of drug-likeness (QED) is 0.578. The van der Waals surface area contributed by atoms with E-state index in [1.807, 2.05) is 0 Å². The van der Waals surface area contributed by atoms with Crippen LogP contribution in [-0.4, -0.2) is 28.6 Å². The molecule has 0 aromatic heterocycles. The number of aliphatic carboxylic acids is 1. The number of carboxylic acid groups (broad SMARTS) is 1. The summed E-state index contributed by atoms with van der Waals surface area (Å²) in [6.07, 6.45) is 0. The van der Waals surface area contributed by atoms with Crippen LogP contribution in [0, 0.1) is 17.0 Å². The topological polar surface area (TPSA) is 116 Å². The van der Waals surface area contributed by atoms with Crippen LogP contribution in [0.15, 0.2) is 18.2 Å². The second-order valence-corrected chi connectivity index (χ2v) is 3.44. The summed E-state index contributed by atoms with van der Waals surface area (Å²) in [5.41, 5.74) is 5.59. The normalized spacial score (nSPS) is 11.9. The Balaban J connectivity index is 2.90. The lowest BCUT2D eigenvalue weighted by atomic mass is 10.2. The number of para-hydroxylation sites is 1. The smallest absolute Gasteiger partial charge is 0.324 e. The molecule has 0 heterocycles. The van der Waals surface area contributed by atoms with Crippen molar-refractivity contribution in [2.45, 2.75) is 13.0 Å². The lowest BCUT2D eigenvalue weighted by Gasteiger charge is -2.11. The summed E-state index contributed by atoms with van der Waals surface area (Å²) in [6.45, 7) is 1.32. The van der Waals surface area contributed by atoms with Gasteiger partial charge in [-0.05, 0) is 12.5 Å². The molecule has 1 aromatic rings. The van der Waals surface area contributed by atoms with Crippen molar-refractivity contribution in [3.05, 3.63) is 33.9 Å². The van der Waals surface area contributed by atoms with Gasteiger partial charge in [0.25, 0.3) is 0 Å². The van der Waals surface area contributed by atoms with Gasteiger partial charge in [0.2, 0.25) is 0 Å². The van der Waals surface area contributed by atoms with Gasteiger partial charge in [-0.1, -0.05) is 12.1 Å². The van der Waals surface area contributed by atoms with E-state index in [0.717, 1.165) is 0 Å². The van der Waals surface area contributed by atoms with Crippen molar-refractivity contribution in [3.63, 3.8) is 0 Å². The number of nitrogens with zero attached hydrogens (tertiary/aromatic N) is 1. The number of carboxylic acids is 1. The van der Waals surface area contributed by atoms with Gasteiger partial charge < -0.3 is 15.6 Å². The second-order valence-electron chi connectivity index (χ2n) is 3.44. The van der Waals surface area contributed by atoms with E-state index in [1.165, 1.54) is 12.1 Å². The van der Waals surface area contributed by atoms with E-state index in [0.29, 0.717) is 5.56 Å². The molecule has 0 aliphatic rings. The molecule has 0 fully saturated rings.